The molecule has 4 N–H and O–H groups in total. The molecule has 0 bridgehead atoms. The number of carbonyl (C=O) groups excluding carboxylic acids is 1. The van der Waals surface area contributed by atoms with Gasteiger partial charge in [0, 0.05) is 31.9 Å². The first-order chi connectivity index (χ1) is 14.7. The lowest BCUT2D eigenvalue weighted by Gasteiger charge is -2.35. The number of aromatic nitrogens is 2. The molecule has 10 nitrogen and oxygen atoms in total. The van der Waals surface area contributed by atoms with Crippen molar-refractivity contribution in [2.24, 2.45) is 5.73 Å². The number of aryl methyl sites for hydroxylation is 1. The second kappa shape index (κ2) is 9.35. The highest BCUT2D eigenvalue weighted by molar-refractivity contribution is 7.89. The first-order valence-electron chi connectivity index (χ1n) is 9.80. The van der Waals surface area contributed by atoms with Crippen molar-refractivity contribution in [3.05, 3.63) is 34.7 Å². The largest absolute Gasteiger partial charge is 0.368 e. The van der Waals surface area contributed by atoms with Gasteiger partial charge in [-0.05, 0) is 38.7 Å². The van der Waals surface area contributed by atoms with Crippen LogP contribution in [0, 0.1) is 0 Å². The minimum atomic E-state index is -3.75. The average molecular weight is 468 g/mol. The topological polar surface area (TPSA) is 134 Å². The van der Waals surface area contributed by atoms with Crippen molar-refractivity contribution in [1.82, 2.24) is 19.6 Å². The fourth-order valence-electron chi connectivity index (χ4n) is 3.30. The van der Waals surface area contributed by atoms with Crippen molar-refractivity contribution >= 4 is 44.7 Å². The highest BCUT2D eigenvalue weighted by Crippen LogP contribution is 2.31. The molecule has 12 heteroatoms. The van der Waals surface area contributed by atoms with E-state index in [1.807, 2.05) is 18.9 Å². The fourth-order valence-corrected chi connectivity index (χ4v) is 4.53. The molecule has 2 heterocycles. The summed E-state index contributed by atoms with van der Waals surface area (Å²) in [6.07, 6.45) is 0.483. The van der Waals surface area contributed by atoms with Crippen molar-refractivity contribution in [2.75, 3.05) is 50.5 Å². The van der Waals surface area contributed by atoms with Gasteiger partial charge in [-0.3, -0.25) is 4.79 Å². The summed E-state index contributed by atoms with van der Waals surface area (Å²) in [4.78, 5) is 24.6. The van der Waals surface area contributed by atoms with E-state index in [0.29, 0.717) is 36.6 Å². The first kappa shape index (κ1) is 23.2. The molecule has 0 spiro atoms. The molecule has 2 aromatic rings. The molecule has 1 amide bonds. The number of hydrogen-bond acceptors (Lipinski definition) is 8. The van der Waals surface area contributed by atoms with Crippen LogP contribution in [0.4, 0.5) is 17.2 Å². The Morgan fingerprint density at radius 1 is 1.23 bits per heavy atom. The van der Waals surface area contributed by atoms with Crippen LogP contribution in [0.1, 0.15) is 23.1 Å². The molecule has 0 atom stereocenters. The standard InChI is InChI=1S/C19H26ClN7O3S/c1-4-13-17(20)25-19(16(24-13)18(21)28)23-12-5-6-14(15(11-12)31(29,30)22-2)27-9-7-26(3)8-10-27/h5-6,11,22H,4,7-10H2,1-3H3,(H2,21,28)(H,23,25). The van der Waals surface area contributed by atoms with Gasteiger partial charge in [-0.25, -0.2) is 23.1 Å². The van der Waals surface area contributed by atoms with E-state index >= 15 is 0 Å². The Bertz CT molecular complexity index is 1090. The van der Waals surface area contributed by atoms with Gasteiger partial charge in [-0.15, -0.1) is 0 Å². The van der Waals surface area contributed by atoms with E-state index in [4.69, 9.17) is 17.3 Å². The third-order valence-corrected chi connectivity index (χ3v) is 6.86. The Morgan fingerprint density at radius 2 is 1.90 bits per heavy atom. The number of primary amides is 1. The first-order valence-corrected chi connectivity index (χ1v) is 11.7. The molecule has 1 aromatic carbocycles. The minimum Gasteiger partial charge on any atom is -0.368 e. The predicted molar refractivity (Wildman–Crippen MR) is 121 cm³/mol. The van der Waals surface area contributed by atoms with Crippen LogP contribution < -0.4 is 20.7 Å². The summed E-state index contributed by atoms with van der Waals surface area (Å²) in [6.45, 7) is 4.92. The van der Waals surface area contributed by atoms with E-state index < -0.39 is 15.9 Å². The van der Waals surface area contributed by atoms with Gasteiger partial charge in [0.15, 0.2) is 16.7 Å². The summed E-state index contributed by atoms with van der Waals surface area (Å²) >= 11 is 6.16. The van der Waals surface area contributed by atoms with E-state index in [2.05, 4.69) is 24.9 Å². The fraction of sp³-hybridized carbons (Fsp3) is 0.421. The molecule has 1 aliphatic rings. The maximum atomic E-state index is 12.7. The zero-order valence-corrected chi connectivity index (χ0v) is 19.2. The number of nitrogens with zero attached hydrogens (tertiary/aromatic N) is 4. The van der Waals surface area contributed by atoms with Gasteiger partial charge in [-0.2, -0.15) is 0 Å². The summed E-state index contributed by atoms with van der Waals surface area (Å²) in [5.41, 5.74) is 6.85. The minimum absolute atomic E-state index is 0.0647. The van der Waals surface area contributed by atoms with Crippen molar-refractivity contribution in [3.63, 3.8) is 0 Å². The summed E-state index contributed by atoms with van der Waals surface area (Å²) in [5, 5.41) is 3.09. The van der Waals surface area contributed by atoms with E-state index in [-0.39, 0.29) is 21.6 Å². The summed E-state index contributed by atoms with van der Waals surface area (Å²) in [6, 6.07) is 4.95. The third kappa shape index (κ3) is 5.06. The number of nitrogens with two attached hydrogens (primary N) is 1. The Kier molecular flexibility index (Phi) is 6.99. The van der Waals surface area contributed by atoms with Crippen LogP contribution in [-0.4, -0.2) is 69.5 Å². The summed E-state index contributed by atoms with van der Waals surface area (Å²) < 4.78 is 27.9. The van der Waals surface area contributed by atoms with E-state index in [1.54, 1.807) is 12.1 Å². The van der Waals surface area contributed by atoms with Gasteiger partial charge >= 0.3 is 0 Å². The molecular weight excluding hydrogens is 442 g/mol. The number of sulfonamides is 1. The lowest BCUT2D eigenvalue weighted by molar-refractivity contribution is 0.0996. The van der Waals surface area contributed by atoms with Crippen molar-refractivity contribution < 1.29 is 13.2 Å². The van der Waals surface area contributed by atoms with E-state index in [0.717, 1.165) is 13.1 Å². The third-order valence-electron chi connectivity index (χ3n) is 5.11. The Hall–Kier alpha value is -2.47. The van der Waals surface area contributed by atoms with Crippen molar-refractivity contribution in [3.8, 4) is 0 Å². The number of carbonyl (C=O) groups is 1. The molecule has 0 saturated carbocycles. The van der Waals surface area contributed by atoms with Crippen LogP contribution in [0.5, 0.6) is 0 Å². The number of nitrogens with one attached hydrogen (secondary N) is 2. The zero-order chi connectivity index (χ0) is 22.8. The number of amides is 1. The van der Waals surface area contributed by atoms with Crippen LogP contribution in [0.3, 0.4) is 0 Å². The number of anilines is 3. The smallest absolute Gasteiger partial charge is 0.271 e. The number of halogens is 1. The number of piperazine rings is 1. The maximum Gasteiger partial charge on any atom is 0.271 e. The molecule has 0 radical (unpaired) electrons. The molecule has 31 heavy (non-hydrogen) atoms. The summed E-state index contributed by atoms with van der Waals surface area (Å²) in [7, 11) is -0.357. The van der Waals surface area contributed by atoms with Crippen LogP contribution >= 0.6 is 11.6 Å². The lowest BCUT2D eigenvalue weighted by atomic mass is 10.2. The normalized spacial score (nSPS) is 15.2. The Balaban J connectivity index is 2.03. The monoisotopic (exact) mass is 467 g/mol. The van der Waals surface area contributed by atoms with E-state index in [1.165, 1.54) is 13.1 Å². The van der Waals surface area contributed by atoms with Gasteiger partial charge in [-0.1, -0.05) is 18.5 Å². The van der Waals surface area contributed by atoms with Crippen LogP contribution in [0.15, 0.2) is 23.1 Å². The molecule has 1 saturated heterocycles. The lowest BCUT2D eigenvalue weighted by Crippen LogP contribution is -2.45. The number of benzene rings is 1. The molecule has 1 fully saturated rings. The summed E-state index contributed by atoms with van der Waals surface area (Å²) in [5.74, 6) is -0.701. The predicted octanol–water partition coefficient (Wildman–Crippen LogP) is 1.19. The number of likely N-dealkylation sites (N-methyl/N-ethyl adjacent to an activating group) is 1. The van der Waals surface area contributed by atoms with Gasteiger partial charge in [0.1, 0.15) is 4.90 Å². The molecule has 1 aliphatic heterocycles. The molecular formula is C19H26ClN7O3S. The van der Waals surface area contributed by atoms with Crippen molar-refractivity contribution in [2.45, 2.75) is 18.2 Å². The second-order valence-corrected chi connectivity index (χ2v) is 9.39. The van der Waals surface area contributed by atoms with Gasteiger partial charge in [0.05, 0.1) is 11.4 Å². The van der Waals surface area contributed by atoms with Gasteiger partial charge in [0.25, 0.3) is 5.91 Å². The maximum absolute atomic E-state index is 12.7. The van der Waals surface area contributed by atoms with Crippen LogP contribution in [0.25, 0.3) is 0 Å². The molecule has 1 aromatic heterocycles. The number of rotatable bonds is 7. The van der Waals surface area contributed by atoms with E-state index in [9.17, 15) is 13.2 Å². The Labute approximate surface area is 186 Å². The zero-order valence-electron chi connectivity index (χ0n) is 17.6. The van der Waals surface area contributed by atoms with Crippen LogP contribution in [-0.2, 0) is 16.4 Å². The molecule has 168 valence electrons. The SMILES string of the molecule is CCc1nc(C(N)=O)c(Nc2ccc(N3CCN(C)CC3)c(S(=O)(=O)NC)c2)nc1Cl. The second-order valence-electron chi connectivity index (χ2n) is 7.18. The van der Waals surface area contributed by atoms with Crippen molar-refractivity contribution in [1.29, 1.82) is 0 Å². The highest BCUT2D eigenvalue weighted by Gasteiger charge is 2.24. The average Bonchev–Trinajstić information content (AvgIpc) is 2.74. The van der Waals surface area contributed by atoms with Gasteiger partial charge in [0.2, 0.25) is 10.0 Å². The Morgan fingerprint density at radius 3 is 2.48 bits per heavy atom. The molecule has 0 aliphatic carbocycles. The molecule has 3 rings (SSSR count). The van der Waals surface area contributed by atoms with Crippen LogP contribution in [0.2, 0.25) is 5.15 Å². The highest BCUT2D eigenvalue weighted by atomic mass is 35.5. The molecule has 0 unspecified atom stereocenters. The van der Waals surface area contributed by atoms with Gasteiger partial charge < -0.3 is 20.9 Å². The number of hydrogen-bond donors (Lipinski definition) is 3. The quantitative estimate of drug-likeness (QED) is 0.553.